The lowest BCUT2D eigenvalue weighted by atomic mass is 10.1. The van der Waals surface area contributed by atoms with Gasteiger partial charge in [0.25, 0.3) is 5.56 Å². The smallest absolute Gasteiger partial charge is 0.274 e. The van der Waals surface area contributed by atoms with Gasteiger partial charge in [-0.2, -0.15) is 5.10 Å². The van der Waals surface area contributed by atoms with Crippen LogP contribution in [0.2, 0.25) is 0 Å². The number of nitrogens with one attached hydrogen (secondary N) is 1. The predicted octanol–water partition coefficient (Wildman–Crippen LogP) is 2.39. The van der Waals surface area contributed by atoms with Gasteiger partial charge in [0.15, 0.2) is 11.5 Å². The van der Waals surface area contributed by atoms with Gasteiger partial charge < -0.3 is 19.5 Å². The summed E-state index contributed by atoms with van der Waals surface area (Å²) in [6, 6.07) is 12.6. The van der Waals surface area contributed by atoms with Crippen molar-refractivity contribution in [3.8, 4) is 11.5 Å². The summed E-state index contributed by atoms with van der Waals surface area (Å²) in [4.78, 5) is 25.0. The Morgan fingerprint density at radius 1 is 1.06 bits per heavy atom. The van der Waals surface area contributed by atoms with E-state index in [1.165, 1.54) is 10.8 Å². The summed E-state index contributed by atoms with van der Waals surface area (Å²) in [6.45, 7) is 0.883. The molecule has 1 heterocycles. The maximum atomic E-state index is 12.6. The minimum atomic E-state index is -0.282. The largest absolute Gasteiger partial charge is 0.493 e. The molecule has 2 aromatic carbocycles. The lowest BCUT2D eigenvalue weighted by Crippen LogP contribution is -2.29. The van der Waals surface area contributed by atoms with Crippen molar-refractivity contribution in [1.29, 1.82) is 0 Å². The van der Waals surface area contributed by atoms with Crippen LogP contribution in [0.5, 0.6) is 11.5 Å². The van der Waals surface area contributed by atoms with Crippen LogP contribution in [0.25, 0.3) is 16.8 Å². The zero-order chi connectivity index (χ0) is 22.2. The van der Waals surface area contributed by atoms with Gasteiger partial charge in [-0.05, 0) is 29.8 Å². The summed E-state index contributed by atoms with van der Waals surface area (Å²) < 4.78 is 16.9. The molecule has 3 aromatic rings. The van der Waals surface area contributed by atoms with Crippen LogP contribution in [0.3, 0.4) is 0 Å². The zero-order valence-corrected chi connectivity index (χ0v) is 17.8. The third kappa shape index (κ3) is 5.29. The van der Waals surface area contributed by atoms with Crippen LogP contribution < -0.4 is 20.3 Å². The van der Waals surface area contributed by atoms with E-state index >= 15 is 0 Å². The zero-order valence-electron chi connectivity index (χ0n) is 17.8. The molecule has 8 heteroatoms. The number of benzene rings is 2. The summed E-state index contributed by atoms with van der Waals surface area (Å²) in [7, 11) is 4.69. The number of methoxy groups -OCH3 is 3. The maximum absolute atomic E-state index is 12.6. The second kappa shape index (κ2) is 10.4. The molecular weight excluding hydrogens is 398 g/mol. The van der Waals surface area contributed by atoms with Crippen LogP contribution in [0.1, 0.15) is 11.3 Å². The molecule has 0 saturated heterocycles. The lowest BCUT2D eigenvalue weighted by Gasteiger charge is -2.11. The van der Waals surface area contributed by atoms with Gasteiger partial charge in [-0.1, -0.05) is 24.3 Å². The fourth-order valence-electron chi connectivity index (χ4n) is 3.12. The molecule has 1 N–H and O–H groups in total. The molecule has 0 spiro atoms. The fourth-order valence-corrected chi connectivity index (χ4v) is 3.12. The first-order valence-electron chi connectivity index (χ1n) is 9.73. The summed E-state index contributed by atoms with van der Waals surface area (Å²) in [5.41, 5.74) is 1.22. The molecule has 31 heavy (non-hydrogen) atoms. The van der Waals surface area contributed by atoms with Crippen LogP contribution in [-0.2, 0) is 22.6 Å². The van der Waals surface area contributed by atoms with E-state index < -0.39 is 0 Å². The first kappa shape index (κ1) is 22.0. The number of aromatic nitrogens is 2. The Morgan fingerprint density at radius 2 is 1.81 bits per heavy atom. The van der Waals surface area contributed by atoms with E-state index in [0.29, 0.717) is 41.1 Å². The summed E-state index contributed by atoms with van der Waals surface area (Å²) in [6.07, 6.45) is 3.12. The van der Waals surface area contributed by atoms with Crippen molar-refractivity contribution >= 4 is 22.8 Å². The fraction of sp³-hybridized carbons (Fsp3) is 0.261. The molecule has 0 aliphatic rings. The van der Waals surface area contributed by atoms with E-state index in [-0.39, 0.29) is 18.0 Å². The summed E-state index contributed by atoms with van der Waals surface area (Å²) >= 11 is 0. The van der Waals surface area contributed by atoms with E-state index in [4.69, 9.17) is 14.2 Å². The molecule has 0 bridgehead atoms. The Labute approximate surface area is 180 Å². The van der Waals surface area contributed by atoms with Gasteiger partial charge in [-0.3, -0.25) is 9.59 Å². The Morgan fingerprint density at radius 3 is 2.52 bits per heavy atom. The molecule has 162 valence electrons. The second-order valence-electron chi connectivity index (χ2n) is 6.68. The van der Waals surface area contributed by atoms with Crippen molar-refractivity contribution in [2.24, 2.45) is 0 Å². The van der Waals surface area contributed by atoms with Gasteiger partial charge in [-0.25, -0.2) is 4.68 Å². The van der Waals surface area contributed by atoms with Crippen molar-refractivity contribution in [2.45, 2.75) is 13.1 Å². The number of hydrogen-bond acceptors (Lipinski definition) is 6. The summed E-state index contributed by atoms with van der Waals surface area (Å²) in [5, 5.41) is 8.52. The van der Waals surface area contributed by atoms with E-state index in [2.05, 4.69) is 10.4 Å². The third-order valence-electron chi connectivity index (χ3n) is 4.72. The van der Waals surface area contributed by atoms with Crippen molar-refractivity contribution in [2.75, 3.05) is 27.9 Å². The molecule has 8 nitrogen and oxygen atoms in total. The van der Waals surface area contributed by atoms with Crippen LogP contribution in [0, 0.1) is 0 Å². The number of ether oxygens (including phenoxy) is 3. The van der Waals surface area contributed by atoms with E-state index in [1.807, 2.05) is 18.2 Å². The number of carbonyl (C=O) groups is 1. The van der Waals surface area contributed by atoms with Crippen molar-refractivity contribution in [3.05, 3.63) is 70.2 Å². The highest BCUT2D eigenvalue weighted by Crippen LogP contribution is 2.27. The van der Waals surface area contributed by atoms with Crippen LogP contribution in [0.15, 0.2) is 53.3 Å². The molecule has 1 aromatic heterocycles. The highest BCUT2D eigenvalue weighted by atomic mass is 16.5. The minimum Gasteiger partial charge on any atom is -0.493 e. The van der Waals surface area contributed by atoms with Crippen molar-refractivity contribution in [1.82, 2.24) is 15.1 Å². The predicted molar refractivity (Wildman–Crippen MR) is 118 cm³/mol. The first-order chi connectivity index (χ1) is 15.1. The van der Waals surface area contributed by atoms with Gasteiger partial charge in [0.05, 0.1) is 45.0 Å². The molecule has 0 aliphatic carbocycles. The molecule has 0 saturated carbocycles. The molecule has 0 fully saturated rings. The molecule has 0 unspecified atom stereocenters. The van der Waals surface area contributed by atoms with E-state index in [0.717, 1.165) is 5.56 Å². The number of amides is 1. The Balaban J connectivity index is 1.76. The normalized spacial score (nSPS) is 11.1. The highest BCUT2D eigenvalue weighted by molar-refractivity contribution is 5.92. The van der Waals surface area contributed by atoms with Gasteiger partial charge in [-0.15, -0.1) is 0 Å². The standard InChI is InChI=1S/C23H25N3O5/c1-29-13-12-26-23(28)18-7-5-4-6-17(18)19(25-26)15-24-22(27)11-9-16-8-10-20(30-2)21(14-16)31-3/h4-11,14H,12-13,15H2,1-3H3,(H,24,27)/b11-9+. The quantitative estimate of drug-likeness (QED) is 0.532. The van der Waals surface area contributed by atoms with Crippen LogP contribution in [0.4, 0.5) is 0 Å². The second-order valence-corrected chi connectivity index (χ2v) is 6.68. The first-order valence-corrected chi connectivity index (χ1v) is 9.73. The average Bonchev–Trinajstić information content (AvgIpc) is 2.81. The van der Waals surface area contributed by atoms with Gasteiger partial charge in [0, 0.05) is 18.6 Å². The molecular formula is C23H25N3O5. The monoisotopic (exact) mass is 423 g/mol. The Bertz CT molecular complexity index is 1150. The number of hydrogen-bond donors (Lipinski definition) is 1. The maximum Gasteiger partial charge on any atom is 0.274 e. The van der Waals surface area contributed by atoms with Crippen LogP contribution in [-0.4, -0.2) is 43.6 Å². The topological polar surface area (TPSA) is 91.7 Å². The highest BCUT2D eigenvalue weighted by Gasteiger charge is 2.11. The number of nitrogens with zero attached hydrogens (tertiary/aromatic N) is 2. The SMILES string of the molecule is COCCn1nc(CNC(=O)/C=C/c2ccc(OC)c(OC)c2)c2ccccc2c1=O. The van der Waals surface area contributed by atoms with E-state index in [1.54, 1.807) is 51.7 Å². The van der Waals surface area contributed by atoms with Crippen molar-refractivity contribution in [3.63, 3.8) is 0 Å². The van der Waals surface area contributed by atoms with Gasteiger partial charge in [0.1, 0.15) is 0 Å². The lowest BCUT2D eigenvalue weighted by molar-refractivity contribution is -0.116. The number of rotatable bonds is 9. The average molecular weight is 423 g/mol. The number of fused-ring (bicyclic) bond motifs is 1. The molecule has 0 atom stereocenters. The molecule has 0 aliphatic heterocycles. The molecule has 1 amide bonds. The third-order valence-corrected chi connectivity index (χ3v) is 4.72. The summed E-state index contributed by atoms with van der Waals surface area (Å²) in [5.74, 6) is 0.917. The molecule has 3 rings (SSSR count). The minimum absolute atomic E-state index is 0.183. The number of carbonyl (C=O) groups excluding carboxylic acids is 1. The van der Waals surface area contributed by atoms with Crippen molar-refractivity contribution < 1.29 is 19.0 Å². The Kier molecular flexibility index (Phi) is 7.40. The van der Waals surface area contributed by atoms with Crippen LogP contribution >= 0.6 is 0 Å². The molecule has 0 radical (unpaired) electrons. The Hall–Kier alpha value is -3.65. The van der Waals surface area contributed by atoms with E-state index in [9.17, 15) is 9.59 Å². The van der Waals surface area contributed by atoms with Gasteiger partial charge >= 0.3 is 0 Å². The van der Waals surface area contributed by atoms with Gasteiger partial charge in [0.2, 0.25) is 5.91 Å².